The summed E-state index contributed by atoms with van der Waals surface area (Å²) >= 11 is 6.56. The van der Waals surface area contributed by atoms with Crippen molar-refractivity contribution in [1.82, 2.24) is 30.0 Å². The Hall–Kier alpha value is -4.05. The fourth-order valence-electron chi connectivity index (χ4n) is 4.41. The Morgan fingerprint density at radius 1 is 1.25 bits per heavy atom. The number of Topliss-reactive ketones (excluding diaryl/α,β-unsaturated/α-hetero) is 1. The highest BCUT2D eigenvalue weighted by atomic mass is 35.5. The summed E-state index contributed by atoms with van der Waals surface area (Å²) in [6, 6.07) is 8.61. The molecular formula is C25H25ClN8O2. The van der Waals surface area contributed by atoms with Gasteiger partial charge in [0.25, 0.3) is 0 Å². The van der Waals surface area contributed by atoms with Crippen molar-refractivity contribution in [2.45, 2.75) is 31.7 Å². The number of nitrogens with one attached hydrogen (secondary N) is 1. The molecule has 1 aromatic carbocycles. The number of aryl methyl sites for hydroxylation is 1. The molecule has 0 radical (unpaired) electrons. The summed E-state index contributed by atoms with van der Waals surface area (Å²) in [4.78, 5) is 39.9. The third-order valence-corrected chi connectivity index (χ3v) is 6.51. The lowest BCUT2D eigenvalue weighted by Gasteiger charge is -2.26. The Labute approximate surface area is 212 Å². The average molecular weight is 505 g/mol. The highest BCUT2D eigenvalue weighted by Gasteiger charge is 2.26. The van der Waals surface area contributed by atoms with Crippen molar-refractivity contribution in [2.75, 3.05) is 17.7 Å². The van der Waals surface area contributed by atoms with E-state index in [4.69, 9.17) is 22.3 Å². The van der Waals surface area contributed by atoms with Crippen LogP contribution in [0, 0.1) is 0 Å². The lowest BCUT2D eigenvalue weighted by atomic mass is 9.94. The molecule has 0 spiro atoms. The molecule has 0 aliphatic heterocycles. The second kappa shape index (κ2) is 9.54. The van der Waals surface area contributed by atoms with Gasteiger partial charge in [-0.25, -0.2) is 14.8 Å². The Balaban J connectivity index is 1.59. The lowest BCUT2D eigenvalue weighted by Crippen LogP contribution is -2.45. The van der Waals surface area contributed by atoms with E-state index in [1.54, 1.807) is 37.2 Å². The van der Waals surface area contributed by atoms with Gasteiger partial charge in [0.05, 0.1) is 10.5 Å². The first-order valence-corrected chi connectivity index (χ1v) is 12.0. The highest BCUT2D eigenvalue weighted by Crippen LogP contribution is 2.36. The predicted molar refractivity (Wildman–Crippen MR) is 139 cm³/mol. The van der Waals surface area contributed by atoms with E-state index in [1.807, 2.05) is 24.3 Å². The first kappa shape index (κ1) is 23.7. The SMILES string of the molecule is CN(C(=O)NC1CCCC(=O)C1)c1nc(-c2cc(Cl)c3ncccc3c2)c(-c2ccn(C)n2)nc1N. The second-order valence-electron chi connectivity index (χ2n) is 8.88. The maximum absolute atomic E-state index is 13.0. The molecule has 3 aromatic heterocycles. The normalized spacial score (nSPS) is 15.8. The number of hydrogen-bond donors (Lipinski definition) is 2. The molecule has 4 aromatic rings. The Bertz CT molecular complexity index is 1480. The van der Waals surface area contributed by atoms with E-state index in [2.05, 4.69) is 20.4 Å². The van der Waals surface area contributed by atoms with Crippen LogP contribution >= 0.6 is 11.6 Å². The number of pyridine rings is 1. The molecule has 1 aliphatic rings. The molecule has 2 amide bonds. The number of ketones is 1. The van der Waals surface area contributed by atoms with E-state index in [0.717, 1.165) is 18.2 Å². The number of halogens is 1. The maximum atomic E-state index is 13.0. The van der Waals surface area contributed by atoms with Gasteiger partial charge in [0.2, 0.25) is 0 Å². The molecule has 5 rings (SSSR count). The third-order valence-electron chi connectivity index (χ3n) is 6.22. The van der Waals surface area contributed by atoms with Gasteiger partial charge in [-0.1, -0.05) is 17.7 Å². The standard InChI is InChI=1S/C25H25ClN8O2/c1-33-10-8-19(32-33)22-21(15-11-14-5-4-9-28-20(14)18(26)12-15)31-24(23(27)30-22)34(2)25(36)29-16-6-3-7-17(35)13-16/h4-5,8-12,16H,3,6-7,13H2,1-2H3,(H2,27,30)(H,29,36). The molecule has 11 heteroatoms. The molecule has 1 fully saturated rings. The zero-order chi connectivity index (χ0) is 25.4. The van der Waals surface area contributed by atoms with Gasteiger partial charge in [0.1, 0.15) is 22.9 Å². The number of rotatable bonds is 4. The molecule has 0 saturated heterocycles. The second-order valence-corrected chi connectivity index (χ2v) is 9.29. The van der Waals surface area contributed by atoms with Crippen LogP contribution in [-0.2, 0) is 11.8 Å². The van der Waals surface area contributed by atoms with Crippen LogP contribution in [0.1, 0.15) is 25.7 Å². The monoisotopic (exact) mass is 504 g/mol. The smallest absolute Gasteiger partial charge is 0.323 e. The number of hydrogen-bond acceptors (Lipinski definition) is 7. The van der Waals surface area contributed by atoms with E-state index in [9.17, 15) is 9.59 Å². The first-order valence-electron chi connectivity index (χ1n) is 11.6. The summed E-state index contributed by atoms with van der Waals surface area (Å²) in [5.74, 6) is 0.412. The van der Waals surface area contributed by atoms with Crippen LogP contribution in [0.15, 0.2) is 42.7 Å². The Morgan fingerprint density at radius 3 is 2.83 bits per heavy atom. The van der Waals surface area contributed by atoms with Gasteiger partial charge in [-0.2, -0.15) is 5.10 Å². The number of benzene rings is 1. The molecule has 1 saturated carbocycles. The number of fused-ring (bicyclic) bond motifs is 1. The molecule has 36 heavy (non-hydrogen) atoms. The fourth-order valence-corrected chi connectivity index (χ4v) is 4.68. The van der Waals surface area contributed by atoms with Crippen LogP contribution < -0.4 is 16.0 Å². The molecule has 1 atom stereocenters. The topological polar surface area (TPSA) is 132 Å². The Kier molecular flexibility index (Phi) is 6.27. The minimum absolute atomic E-state index is 0.0744. The minimum Gasteiger partial charge on any atom is -0.381 e. The van der Waals surface area contributed by atoms with E-state index in [1.165, 1.54) is 4.90 Å². The van der Waals surface area contributed by atoms with Gasteiger partial charge in [-0.15, -0.1) is 0 Å². The number of nitrogen functional groups attached to an aromatic ring is 1. The number of nitrogens with zero attached hydrogens (tertiary/aromatic N) is 6. The molecule has 3 heterocycles. The number of carbonyl (C=O) groups excluding carboxylic acids is 2. The van der Waals surface area contributed by atoms with Crippen LogP contribution in [0.5, 0.6) is 0 Å². The van der Waals surface area contributed by atoms with Gasteiger partial charge in [0.15, 0.2) is 11.6 Å². The summed E-state index contributed by atoms with van der Waals surface area (Å²) in [7, 11) is 3.38. The van der Waals surface area contributed by atoms with Crippen LogP contribution in [0.25, 0.3) is 33.5 Å². The van der Waals surface area contributed by atoms with Gasteiger partial charge in [-0.3, -0.25) is 19.4 Å². The van der Waals surface area contributed by atoms with Crippen molar-refractivity contribution in [3.8, 4) is 22.6 Å². The van der Waals surface area contributed by atoms with Crippen molar-refractivity contribution in [3.63, 3.8) is 0 Å². The van der Waals surface area contributed by atoms with E-state index in [-0.39, 0.29) is 23.5 Å². The van der Waals surface area contributed by atoms with Gasteiger partial charge in [-0.05, 0) is 37.1 Å². The molecule has 184 valence electrons. The van der Waals surface area contributed by atoms with Crippen LogP contribution in [0.2, 0.25) is 5.02 Å². The van der Waals surface area contributed by atoms with Crippen LogP contribution in [-0.4, -0.2) is 49.6 Å². The van der Waals surface area contributed by atoms with E-state index in [0.29, 0.717) is 46.0 Å². The number of carbonyl (C=O) groups is 2. The lowest BCUT2D eigenvalue weighted by molar-refractivity contribution is -0.120. The Morgan fingerprint density at radius 2 is 2.08 bits per heavy atom. The zero-order valence-electron chi connectivity index (χ0n) is 19.9. The molecule has 3 N–H and O–H groups in total. The van der Waals surface area contributed by atoms with Crippen molar-refractivity contribution in [1.29, 1.82) is 0 Å². The summed E-state index contributed by atoms with van der Waals surface area (Å²) in [6.45, 7) is 0. The van der Waals surface area contributed by atoms with Crippen molar-refractivity contribution >= 4 is 46.0 Å². The number of aromatic nitrogens is 5. The molecule has 10 nitrogen and oxygen atoms in total. The maximum Gasteiger partial charge on any atom is 0.323 e. The number of anilines is 2. The third kappa shape index (κ3) is 4.59. The van der Waals surface area contributed by atoms with Crippen molar-refractivity contribution < 1.29 is 9.59 Å². The molecule has 1 aliphatic carbocycles. The average Bonchev–Trinajstić information content (AvgIpc) is 3.29. The predicted octanol–water partition coefficient (Wildman–Crippen LogP) is 3.99. The van der Waals surface area contributed by atoms with Crippen LogP contribution in [0.3, 0.4) is 0 Å². The van der Waals surface area contributed by atoms with Crippen molar-refractivity contribution in [2.24, 2.45) is 7.05 Å². The van der Waals surface area contributed by atoms with Crippen molar-refractivity contribution in [3.05, 3.63) is 47.7 Å². The van der Waals surface area contributed by atoms with Gasteiger partial charge < -0.3 is 11.1 Å². The quantitative estimate of drug-likeness (QED) is 0.429. The molecule has 1 unspecified atom stereocenters. The minimum atomic E-state index is -0.409. The summed E-state index contributed by atoms with van der Waals surface area (Å²) in [5, 5.41) is 8.69. The number of amides is 2. The van der Waals surface area contributed by atoms with Gasteiger partial charge >= 0.3 is 6.03 Å². The fraction of sp³-hybridized carbons (Fsp3) is 0.280. The molecular weight excluding hydrogens is 480 g/mol. The summed E-state index contributed by atoms with van der Waals surface area (Å²) in [6.07, 6.45) is 5.88. The largest absolute Gasteiger partial charge is 0.381 e. The first-order chi connectivity index (χ1) is 17.3. The van der Waals surface area contributed by atoms with Crippen LogP contribution in [0.4, 0.5) is 16.4 Å². The van der Waals surface area contributed by atoms with E-state index < -0.39 is 6.03 Å². The molecule has 0 bridgehead atoms. The zero-order valence-corrected chi connectivity index (χ0v) is 20.7. The number of nitrogens with two attached hydrogens (primary N) is 1. The highest BCUT2D eigenvalue weighted by molar-refractivity contribution is 6.35. The number of urea groups is 1. The van der Waals surface area contributed by atoms with E-state index >= 15 is 0 Å². The summed E-state index contributed by atoms with van der Waals surface area (Å²) in [5.41, 5.74) is 9.17. The van der Waals surface area contributed by atoms with Gasteiger partial charge in [0, 0.05) is 56.3 Å². The summed E-state index contributed by atoms with van der Waals surface area (Å²) < 4.78 is 1.66.